The summed E-state index contributed by atoms with van der Waals surface area (Å²) in [6.07, 6.45) is 0.593. The largest absolute Gasteiger partial charge is 0.336 e. The van der Waals surface area contributed by atoms with E-state index in [1.807, 2.05) is 62.9 Å². The van der Waals surface area contributed by atoms with Crippen LogP contribution in [0.4, 0.5) is 0 Å². The van der Waals surface area contributed by atoms with Crippen molar-refractivity contribution in [3.63, 3.8) is 0 Å². The molecule has 3 nitrogen and oxygen atoms in total. The first-order valence-corrected chi connectivity index (χ1v) is 6.55. The first kappa shape index (κ1) is 14.7. The van der Waals surface area contributed by atoms with Crippen molar-refractivity contribution >= 4 is 5.91 Å². The lowest BCUT2D eigenvalue weighted by molar-refractivity contribution is -0.136. The molecule has 1 atom stereocenters. The topological polar surface area (TPSA) is 46.3 Å². The molecule has 0 saturated heterocycles. The van der Waals surface area contributed by atoms with E-state index >= 15 is 0 Å². The number of nitrogens with zero attached hydrogens (tertiary/aromatic N) is 1. The third kappa shape index (κ3) is 3.84. The minimum atomic E-state index is -0.461. The SMILES string of the molecule is CC(C)N(C(=O)[C@H](N)Cc1ccccc1)C(C)C. The van der Waals surface area contributed by atoms with E-state index in [4.69, 9.17) is 5.73 Å². The molecular weight excluding hydrogens is 224 g/mol. The van der Waals surface area contributed by atoms with Crippen molar-refractivity contribution in [2.24, 2.45) is 5.73 Å². The van der Waals surface area contributed by atoms with E-state index in [9.17, 15) is 4.79 Å². The summed E-state index contributed by atoms with van der Waals surface area (Å²) in [5.74, 6) is 0.0313. The van der Waals surface area contributed by atoms with Crippen molar-refractivity contribution in [1.82, 2.24) is 4.90 Å². The second-order valence-corrected chi connectivity index (χ2v) is 5.23. The van der Waals surface area contributed by atoms with E-state index in [-0.39, 0.29) is 18.0 Å². The van der Waals surface area contributed by atoms with E-state index in [2.05, 4.69) is 0 Å². The number of amides is 1. The van der Waals surface area contributed by atoms with Gasteiger partial charge in [-0.2, -0.15) is 0 Å². The van der Waals surface area contributed by atoms with Gasteiger partial charge in [-0.15, -0.1) is 0 Å². The van der Waals surface area contributed by atoms with Gasteiger partial charge in [-0.3, -0.25) is 4.79 Å². The predicted octanol–water partition coefficient (Wildman–Crippen LogP) is 2.20. The predicted molar refractivity (Wildman–Crippen MR) is 75.2 cm³/mol. The van der Waals surface area contributed by atoms with Crippen LogP contribution in [-0.2, 0) is 11.2 Å². The molecule has 1 rings (SSSR count). The van der Waals surface area contributed by atoms with Crippen molar-refractivity contribution in [2.75, 3.05) is 0 Å². The number of hydrogen-bond acceptors (Lipinski definition) is 2. The summed E-state index contributed by atoms with van der Waals surface area (Å²) in [7, 11) is 0. The molecule has 0 aliphatic rings. The molecule has 2 N–H and O–H groups in total. The summed E-state index contributed by atoms with van der Waals surface area (Å²) in [4.78, 5) is 14.2. The maximum absolute atomic E-state index is 12.3. The van der Waals surface area contributed by atoms with Gasteiger partial charge in [0, 0.05) is 12.1 Å². The number of carbonyl (C=O) groups excluding carboxylic acids is 1. The van der Waals surface area contributed by atoms with Gasteiger partial charge in [0.15, 0.2) is 0 Å². The second-order valence-electron chi connectivity index (χ2n) is 5.23. The standard InChI is InChI=1S/C15H24N2O/c1-11(2)17(12(3)4)15(18)14(16)10-13-8-6-5-7-9-13/h5-9,11-12,14H,10,16H2,1-4H3/t14-/m1/s1. The van der Waals surface area contributed by atoms with Crippen LogP contribution in [0.1, 0.15) is 33.3 Å². The van der Waals surface area contributed by atoms with Crippen LogP contribution in [-0.4, -0.2) is 28.9 Å². The summed E-state index contributed by atoms with van der Waals surface area (Å²) >= 11 is 0. The molecule has 0 aromatic heterocycles. The van der Waals surface area contributed by atoms with E-state index < -0.39 is 6.04 Å². The monoisotopic (exact) mass is 248 g/mol. The fourth-order valence-electron chi connectivity index (χ4n) is 2.25. The third-order valence-electron chi connectivity index (χ3n) is 2.98. The summed E-state index contributed by atoms with van der Waals surface area (Å²) in [5, 5.41) is 0. The minimum absolute atomic E-state index is 0.0313. The third-order valence-corrected chi connectivity index (χ3v) is 2.98. The highest BCUT2D eigenvalue weighted by Crippen LogP contribution is 2.10. The maximum atomic E-state index is 12.3. The summed E-state index contributed by atoms with van der Waals surface area (Å²) < 4.78 is 0. The minimum Gasteiger partial charge on any atom is -0.336 e. The van der Waals surface area contributed by atoms with Gasteiger partial charge in [0.2, 0.25) is 5.91 Å². The lowest BCUT2D eigenvalue weighted by Gasteiger charge is -2.33. The zero-order chi connectivity index (χ0) is 13.7. The van der Waals surface area contributed by atoms with Gasteiger partial charge in [0.25, 0.3) is 0 Å². The molecule has 0 bridgehead atoms. The van der Waals surface area contributed by atoms with Gasteiger partial charge < -0.3 is 10.6 Å². The molecule has 1 aromatic rings. The average Bonchev–Trinajstić information content (AvgIpc) is 2.29. The van der Waals surface area contributed by atoms with Crippen LogP contribution in [0.15, 0.2) is 30.3 Å². The summed E-state index contributed by atoms with van der Waals surface area (Å²) in [6, 6.07) is 9.80. The van der Waals surface area contributed by atoms with Crippen LogP contribution in [0.5, 0.6) is 0 Å². The average molecular weight is 248 g/mol. The normalized spacial score (nSPS) is 12.8. The molecule has 1 amide bonds. The fraction of sp³-hybridized carbons (Fsp3) is 0.533. The highest BCUT2D eigenvalue weighted by molar-refractivity contribution is 5.82. The highest BCUT2D eigenvalue weighted by atomic mass is 16.2. The molecule has 0 saturated carbocycles. The van der Waals surface area contributed by atoms with Crippen molar-refractivity contribution in [2.45, 2.75) is 52.2 Å². The van der Waals surface area contributed by atoms with Crippen LogP contribution in [0.2, 0.25) is 0 Å². The Morgan fingerprint density at radius 3 is 2.06 bits per heavy atom. The zero-order valence-electron chi connectivity index (χ0n) is 11.8. The van der Waals surface area contributed by atoms with Crippen LogP contribution >= 0.6 is 0 Å². The van der Waals surface area contributed by atoms with Crippen molar-refractivity contribution in [3.8, 4) is 0 Å². The summed E-state index contributed by atoms with van der Waals surface area (Å²) in [5.41, 5.74) is 7.14. The van der Waals surface area contributed by atoms with Gasteiger partial charge >= 0.3 is 0 Å². The Labute approximate surface area is 110 Å². The van der Waals surface area contributed by atoms with Crippen LogP contribution in [0.3, 0.4) is 0 Å². The summed E-state index contributed by atoms with van der Waals surface area (Å²) in [6.45, 7) is 8.08. The van der Waals surface area contributed by atoms with Gasteiger partial charge in [0.1, 0.15) is 0 Å². The first-order valence-electron chi connectivity index (χ1n) is 6.55. The molecule has 0 heterocycles. The molecular formula is C15H24N2O. The van der Waals surface area contributed by atoms with E-state index in [0.717, 1.165) is 5.56 Å². The van der Waals surface area contributed by atoms with Crippen LogP contribution in [0, 0.1) is 0 Å². The Kier molecular flexibility index (Phi) is 5.35. The number of rotatable bonds is 5. The lowest BCUT2D eigenvalue weighted by Crippen LogP contribution is -2.50. The molecule has 100 valence electrons. The van der Waals surface area contributed by atoms with Gasteiger partial charge in [-0.05, 0) is 39.7 Å². The van der Waals surface area contributed by atoms with Gasteiger partial charge in [-0.25, -0.2) is 0 Å². The molecule has 1 aromatic carbocycles. The Hall–Kier alpha value is -1.35. The molecule has 0 fully saturated rings. The molecule has 0 aliphatic carbocycles. The quantitative estimate of drug-likeness (QED) is 0.868. The van der Waals surface area contributed by atoms with Crippen LogP contribution < -0.4 is 5.73 Å². The smallest absolute Gasteiger partial charge is 0.240 e. The highest BCUT2D eigenvalue weighted by Gasteiger charge is 2.25. The van der Waals surface area contributed by atoms with E-state index in [1.165, 1.54) is 0 Å². The number of benzene rings is 1. The van der Waals surface area contributed by atoms with Gasteiger partial charge in [0.05, 0.1) is 6.04 Å². The van der Waals surface area contributed by atoms with Crippen molar-refractivity contribution < 1.29 is 4.79 Å². The molecule has 0 radical (unpaired) electrons. The van der Waals surface area contributed by atoms with Crippen molar-refractivity contribution in [3.05, 3.63) is 35.9 Å². The Morgan fingerprint density at radius 1 is 1.11 bits per heavy atom. The lowest BCUT2D eigenvalue weighted by atomic mass is 10.0. The second kappa shape index (κ2) is 6.55. The van der Waals surface area contributed by atoms with E-state index in [1.54, 1.807) is 0 Å². The molecule has 0 unspecified atom stereocenters. The number of hydrogen-bond donors (Lipinski definition) is 1. The maximum Gasteiger partial charge on any atom is 0.240 e. The zero-order valence-corrected chi connectivity index (χ0v) is 11.8. The Bertz CT molecular complexity index is 365. The molecule has 18 heavy (non-hydrogen) atoms. The van der Waals surface area contributed by atoms with Gasteiger partial charge in [-0.1, -0.05) is 30.3 Å². The first-order chi connectivity index (χ1) is 8.43. The number of nitrogens with two attached hydrogens (primary N) is 1. The molecule has 3 heteroatoms. The fourth-order valence-corrected chi connectivity index (χ4v) is 2.25. The number of carbonyl (C=O) groups is 1. The molecule has 0 aliphatic heterocycles. The van der Waals surface area contributed by atoms with E-state index in [0.29, 0.717) is 6.42 Å². The van der Waals surface area contributed by atoms with Crippen LogP contribution in [0.25, 0.3) is 0 Å². The Balaban J connectivity index is 2.71. The molecule has 0 spiro atoms. The Morgan fingerprint density at radius 2 is 1.61 bits per heavy atom. The van der Waals surface area contributed by atoms with Crippen molar-refractivity contribution in [1.29, 1.82) is 0 Å².